The van der Waals surface area contributed by atoms with Crippen molar-refractivity contribution in [2.24, 2.45) is 0 Å². The molecule has 2 rings (SSSR count). The molecular formula is C17H16O4Ti. The average molecular weight is 332 g/mol. The third-order valence-electron chi connectivity index (χ3n) is 1.42. The van der Waals surface area contributed by atoms with Crippen molar-refractivity contribution in [3.8, 4) is 24.7 Å². The Hall–Kier alpha value is -2.40. The SMILES string of the molecule is C#CC(=O)O.C#CC(=O)O.[C-]1=CC=CC1.[C-]1=CC=CC1.[CH2]=[Ti+2]. The number of rotatable bonds is 0. The van der Waals surface area contributed by atoms with Gasteiger partial charge in [-0.25, -0.2) is 33.9 Å². The second kappa shape index (κ2) is 23.7. The minimum absolute atomic E-state index is 1.01. The summed E-state index contributed by atoms with van der Waals surface area (Å²) in [6.07, 6.45) is 28.6. The van der Waals surface area contributed by atoms with Gasteiger partial charge in [-0.1, -0.05) is 0 Å². The average Bonchev–Trinajstić information content (AvgIpc) is 3.27. The van der Waals surface area contributed by atoms with Crippen molar-refractivity contribution in [2.45, 2.75) is 12.8 Å². The molecule has 0 aromatic rings. The molecule has 0 aromatic heterocycles. The molecule has 0 saturated carbocycles. The topological polar surface area (TPSA) is 74.6 Å². The Balaban J connectivity index is -0.000000211. The molecule has 2 N–H and O–H groups in total. The summed E-state index contributed by atoms with van der Waals surface area (Å²) in [5.41, 5.74) is 0. The van der Waals surface area contributed by atoms with Gasteiger partial charge in [0.1, 0.15) is 0 Å². The number of terminal acetylenes is 2. The number of hydrogen-bond acceptors (Lipinski definition) is 2. The van der Waals surface area contributed by atoms with Crippen molar-refractivity contribution in [1.29, 1.82) is 0 Å². The van der Waals surface area contributed by atoms with E-state index in [1.165, 1.54) is 11.8 Å². The van der Waals surface area contributed by atoms with E-state index in [9.17, 15) is 0 Å². The monoisotopic (exact) mass is 332 g/mol. The van der Waals surface area contributed by atoms with Gasteiger partial charge in [0.2, 0.25) is 0 Å². The molecule has 4 nitrogen and oxygen atoms in total. The number of hydrogen-bond donors (Lipinski definition) is 2. The zero-order valence-electron chi connectivity index (χ0n) is 12.0. The first kappa shape index (κ1) is 24.6. The third kappa shape index (κ3) is 36.0. The predicted octanol–water partition coefficient (Wildman–Crippen LogP) is 1.98. The summed E-state index contributed by atoms with van der Waals surface area (Å²) >= 11 is 1.75. The van der Waals surface area contributed by atoms with Crippen LogP contribution >= 0.6 is 0 Å². The molecule has 0 aromatic carbocycles. The molecule has 0 heterocycles. The van der Waals surface area contributed by atoms with Gasteiger partial charge >= 0.3 is 36.7 Å². The van der Waals surface area contributed by atoms with Gasteiger partial charge in [-0.2, -0.15) is 12.2 Å². The van der Waals surface area contributed by atoms with E-state index >= 15 is 0 Å². The molecule has 0 aliphatic heterocycles. The fraction of sp³-hybridized carbons (Fsp3) is 0.118. The summed E-state index contributed by atoms with van der Waals surface area (Å²) in [7, 11) is 0. The van der Waals surface area contributed by atoms with E-state index in [2.05, 4.69) is 42.0 Å². The fourth-order valence-corrected chi connectivity index (χ4v) is 0.680. The summed E-state index contributed by atoms with van der Waals surface area (Å²) in [5.74, 6) is 0.454. The first-order valence-electron chi connectivity index (χ1n) is 5.72. The van der Waals surface area contributed by atoms with Crippen LogP contribution in [-0.4, -0.2) is 27.0 Å². The molecule has 0 atom stereocenters. The summed E-state index contributed by atoms with van der Waals surface area (Å²) < 4.78 is 0. The minimum atomic E-state index is -1.22. The summed E-state index contributed by atoms with van der Waals surface area (Å²) in [4.78, 5) is 21.5. The van der Waals surface area contributed by atoms with Crippen molar-refractivity contribution in [1.82, 2.24) is 0 Å². The van der Waals surface area contributed by atoms with E-state index in [0.717, 1.165) is 12.8 Å². The quantitative estimate of drug-likeness (QED) is 0.404. The molecule has 5 heteroatoms. The molecule has 112 valence electrons. The Kier molecular flexibility index (Phi) is 26.5. The maximum atomic E-state index is 9.13. The van der Waals surface area contributed by atoms with Crippen LogP contribution in [0, 0.1) is 36.8 Å². The number of aliphatic carboxylic acids is 2. The van der Waals surface area contributed by atoms with Crippen molar-refractivity contribution in [3.63, 3.8) is 0 Å². The van der Waals surface area contributed by atoms with Crippen LogP contribution in [0.25, 0.3) is 0 Å². The Morgan fingerprint density at radius 1 is 0.955 bits per heavy atom. The zero-order chi connectivity index (χ0) is 17.6. The molecule has 0 amide bonds. The van der Waals surface area contributed by atoms with Crippen LogP contribution in [0.1, 0.15) is 12.8 Å². The molecule has 0 radical (unpaired) electrons. The summed E-state index contributed by atoms with van der Waals surface area (Å²) in [6, 6.07) is 0. The normalized spacial score (nSPS) is 10.7. The van der Waals surface area contributed by atoms with E-state index in [0.29, 0.717) is 0 Å². The van der Waals surface area contributed by atoms with E-state index in [1.807, 2.05) is 24.3 Å². The van der Waals surface area contributed by atoms with Gasteiger partial charge in [0.15, 0.2) is 0 Å². The predicted molar refractivity (Wildman–Crippen MR) is 83.2 cm³/mol. The van der Waals surface area contributed by atoms with Crippen LogP contribution < -0.4 is 0 Å². The van der Waals surface area contributed by atoms with E-state index in [4.69, 9.17) is 19.8 Å². The van der Waals surface area contributed by atoms with Crippen molar-refractivity contribution in [3.05, 3.63) is 48.6 Å². The Morgan fingerprint density at radius 3 is 1.27 bits per heavy atom. The van der Waals surface area contributed by atoms with E-state index < -0.39 is 11.9 Å². The van der Waals surface area contributed by atoms with Crippen LogP contribution in [0.4, 0.5) is 0 Å². The first-order valence-corrected chi connectivity index (χ1v) is 6.82. The van der Waals surface area contributed by atoms with Crippen LogP contribution in [0.2, 0.25) is 0 Å². The van der Waals surface area contributed by atoms with E-state index in [-0.39, 0.29) is 0 Å². The fourth-order valence-electron chi connectivity index (χ4n) is 0.680. The molecule has 0 bridgehead atoms. The number of carbonyl (C=O) groups is 2. The number of allylic oxidation sites excluding steroid dienone is 8. The number of carboxylic acid groups (broad SMARTS) is 2. The zero-order valence-corrected chi connectivity index (χ0v) is 13.5. The summed E-state index contributed by atoms with van der Waals surface area (Å²) in [5, 5.41) is 15.0. The molecule has 2 aliphatic rings. The van der Waals surface area contributed by atoms with Gasteiger partial charge in [0, 0.05) is 11.8 Å². The Labute approximate surface area is 142 Å². The van der Waals surface area contributed by atoms with Crippen LogP contribution in [0.15, 0.2) is 36.5 Å². The third-order valence-corrected chi connectivity index (χ3v) is 1.42. The molecule has 22 heavy (non-hydrogen) atoms. The molecular weight excluding hydrogens is 316 g/mol. The van der Waals surface area contributed by atoms with E-state index in [1.54, 1.807) is 20.0 Å². The van der Waals surface area contributed by atoms with Gasteiger partial charge in [-0.05, 0) is 0 Å². The van der Waals surface area contributed by atoms with Gasteiger partial charge in [-0.3, -0.25) is 12.2 Å². The van der Waals surface area contributed by atoms with Crippen LogP contribution in [0.5, 0.6) is 0 Å². The molecule has 0 spiro atoms. The van der Waals surface area contributed by atoms with Crippen LogP contribution in [-0.2, 0) is 29.6 Å². The van der Waals surface area contributed by atoms with Gasteiger partial charge in [0.25, 0.3) is 0 Å². The Morgan fingerprint density at radius 2 is 1.23 bits per heavy atom. The second-order valence-electron chi connectivity index (χ2n) is 2.91. The number of carboxylic acids is 2. The van der Waals surface area contributed by atoms with Crippen molar-refractivity contribution >= 4 is 16.8 Å². The second-order valence-corrected chi connectivity index (χ2v) is 2.91. The van der Waals surface area contributed by atoms with Gasteiger partial charge < -0.3 is 10.2 Å². The Bertz CT molecular complexity index is 434. The standard InChI is InChI=1S/2C5H5.2C3H2O2.CH2.Ti/c2*1-2-4-5-3-1;2*1-2-3(4)5;;/h2*1-3H,4H2;2*1H,(H,4,5);1H2;/q2*-1;;;;+2. The van der Waals surface area contributed by atoms with Gasteiger partial charge in [-0.15, -0.1) is 25.7 Å². The molecule has 0 unspecified atom stereocenters. The van der Waals surface area contributed by atoms with Crippen molar-refractivity contribution in [2.75, 3.05) is 0 Å². The molecule has 0 saturated heterocycles. The summed E-state index contributed by atoms with van der Waals surface area (Å²) in [6.45, 7) is 0. The molecule has 2 aliphatic carbocycles. The van der Waals surface area contributed by atoms with Crippen LogP contribution in [0.3, 0.4) is 0 Å². The van der Waals surface area contributed by atoms with Crippen molar-refractivity contribution < 1.29 is 39.8 Å². The van der Waals surface area contributed by atoms with Gasteiger partial charge in [0.05, 0.1) is 0 Å². The maximum absolute atomic E-state index is 9.13. The molecule has 0 fully saturated rings. The first-order chi connectivity index (χ1) is 10.5.